The normalized spacial score (nSPS) is 11.2. The Labute approximate surface area is 218 Å². The average molecular weight is 498 g/mol. The second kappa shape index (κ2) is 12.4. The highest BCUT2D eigenvalue weighted by Crippen LogP contribution is 2.24. The van der Waals surface area contributed by atoms with Crippen molar-refractivity contribution in [2.45, 2.75) is 52.5 Å². The standard InChI is InChI=1S/C32H35NO4/c1-23(2)20-25-11-9-24(10-12-25)17-19-37-27-15-13-26(14-16-27)21-31(34)29-22-33(18-5-8-32(35)36)30-7-4-3-6-28(29)30/h3-4,6-7,9-16,22-23H,5,8,17-21H2,1-2H3,(H,35,36). The highest BCUT2D eigenvalue weighted by molar-refractivity contribution is 6.08. The van der Waals surface area contributed by atoms with Gasteiger partial charge in [-0.25, -0.2) is 0 Å². The Kier molecular flexibility index (Phi) is 8.78. The fourth-order valence-corrected chi connectivity index (χ4v) is 4.64. The van der Waals surface area contributed by atoms with Gasteiger partial charge in [0.2, 0.25) is 0 Å². The van der Waals surface area contributed by atoms with E-state index in [1.807, 2.05) is 59.3 Å². The van der Waals surface area contributed by atoms with Gasteiger partial charge in [0.15, 0.2) is 5.78 Å². The largest absolute Gasteiger partial charge is 0.493 e. The Morgan fingerprint density at radius 1 is 0.892 bits per heavy atom. The third kappa shape index (κ3) is 7.32. The molecule has 192 valence electrons. The molecule has 4 aromatic rings. The fourth-order valence-electron chi connectivity index (χ4n) is 4.64. The molecular formula is C32H35NO4. The highest BCUT2D eigenvalue weighted by Gasteiger charge is 2.15. The minimum atomic E-state index is -0.809. The SMILES string of the molecule is CC(C)Cc1ccc(CCOc2ccc(CC(=O)c3cn(CCCC(=O)O)c4ccccc34)cc2)cc1. The Hall–Kier alpha value is -3.86. The number of nitrogens with zero attached hydrogens (tertiary/aromatic N) is 1. The van der Waals surface area contributed by atoms with Crippen molar-refractivity contribution >= 4 is 22.7 Å². The zero-order valence-corrected chi connectivity index (χ0v) is 21.7. The van der Waals surface area contributed by atoms with Gasteiger partial charge < -0.3 is 14.4 Å². The summed E-state index contributed by atoms with van der Waals surface area (Å²) < 4.78 is 7.92. The molecule has 5 heteroatoms. The van der Waals surface area contributed by atoms with Gasteiger partial charge in [-0.2, -0.15) is 0 Å². The number of rotatable bonds is 13. The topological polar surface area (TPSA) is 68.5 Å². The van der Waals surface area contributed by atoms with Crippen molar-refractivity contribution in [3.63, 3.8) is 0 Å². The van der Waals surface area contributed by atoms with Crippen LogP contribution < -0.4 is 4.74 Å². The number of benzene rings is 3. The number of ketones is 1. The second-order valence-corrected chi connectivity index (χ2v) is 10.0. The van der Waals surface area contributed by atoms with Crippen LogP contribution in [0.25, 0.3) is 10.9 Å². The smallest absolute Gasteiger partial charge is 0.303 e. The van der Waals surface area contributed by atoms with Gasteiger partial charge in [0.25, 0.3) is 0 Å². The number of carbonyl (C=O) groups is 2. The van der Waals surface area contributed by atoms with E-state index < -0.39 is 5.97 Å². The van der Waals surface area contributed by atoms with Crippen molar-refractivity contribution in [3.05, 3.63) is 101 Å². The molecule has 1 heterocycles. The number of fused-ring (bicyclic) bond motifs is 1. The van der Waals surface area contributed by atoms with Crippen LogP contribution in [0.4, 0.5) is 0 Å². The van der Waals surface area contributed by atoms with E-state index in [1.54, 1.807) is 0 Å². The lowest BCUT2D eigenvalue weighted by Crippen LogP contribution is -2.04. The van der Waals surface area contributed by atoms with Crippen molar-refractivity contribution in [3.8, 4) is 5.75 Å². The van der Waals surface area contributed by atoms with Gasteiger partial charge >= 0.3 is 5.97 Å². The molecule has 0 aliphatic carbocycles. The van der Waals surface area contributed by atoms with Gasteiger partial charge in [0.05, 0.1) is 6.61 Å². The van der Waals surface area contributed by atoms with Crippen LogP contribution in [0.5, 0.6) is 5.75 Å². The molecule has 0 spiro atoms. The molecule has 0 bridgehead atoms. The lowest BCUT2D eigenvalue weighted by atomic mass is 10.0. The molecule has 0 aliphatic heterocycles. The van der Waals surface area contributed by atoms with Crippen LogP contribution in [0.15, 0.2) is 79.0 Å². The van der Waals surface area contributed by atoms with Crippen molar-refractivity contribution in [2.24, 2.45) is 5.92 Å². The minimum Gasteiger partial charge on any atom is -0.493 e. The monoisotopic (exact) mass is 497 g/mol. The van der Waals surface area contributed by atoms with Gasteiger partial charge in [-0.05, 0) is 53.6 Å². The average Bonchev–Trinajstić information content (AvgIpc) is 3.24. The van der Waals surface area contributed by atoms with Crippen LogP contribution in [-0.4, -0.2) is 28.0 Å². The number of aryl methyl sites for hydroxylation is 1. The number of aromatic nitrogens is 1. The zero-order valence-electron chi connectivity index (χ0n) is 21.7. The van der Waals surface area contributed by atoms with E-state index >= 15 is 0 Å². The second-order valence-electron chi connectivity index (χ2n) is 10.0. The van der Waals surface area contributed by atoms with E-state index in [2.05, 4.69) is 38.1 Å². The summed E-state index contributed by atoms with van der Waals surface area (Å²) in [6.07, 6.45) is 4.73. The summed E-state index contributed by atoms with van der Waals surface area (Å²) in [6, 6.07) is 24.3. The fraction of sp³-hybridized carbons (Fsp3) is 0.312. The first-order valence-electron chi connectivity index (χ1n) is 13.0. The molecule has 0 unspecified atom stereocenters. The summed E-state index contributed by atoms with van der Waals surface area (Å²) in [5, 5.41) is 9.85. The lowest BCUT2D eigenvalue weighted by molar-refractivity contribution is -0.137. The number of carboxylic acids is 1. The third-order valence-electron chi connectivity index (χ3n) is 6.49. The number of carboxylic acid groups (broad SMARTS) is 1. The van der Waals surface area contributed by atoms with Crippen LogP contribution in [0.2, 0.25) is 0 Å². The van der Waals surface area contributed by atoms with Crippen LogP contribution in [0, 0.1) is 5.92 Å². The highest BCUT2D eigenvalue weighted by atomic mass is 16.5. The van der Waals surface area contributed by atoms with Gasteiger partial charge in [0.1, 0.15) is 5.75 Å². The molecule has 0 amide bonds. The van der Waals surface area contributed by atoms with E-state index in [9.17, 15) is 9.59 Å². The molecule has 3 aromatic carbocycles. The van der Waals surface area contributed by atoms with Gasteiger partial charge in [-0.1, -0.05) is 68.4 Å². The molecule has 0 aliphatic rings. The molecule has 0 atom stereocenters. The van der Waals surface area contributed by atoms with E-state index in [-0.39, 0.29) is 12.2 Å². The Morgan fingerprint density at radius 2 is 1.57 bits per heavy atom. The molecule has 0 radical (unpaired) electrons. The molecule has 0 saturated heterocycles. The number of carbonyl (C=O) groups excluding carboxylic acids is 1. The summed E-state index contributed by atoms with van der Waals surface area (Å²) in [6.45, 7) is 5.63. The molecule has 0 fully saturated rings. The minimum absolute atomic E-state index is 0.0442. The maximum atomic E-state index is 13.2. The quantitative estimate of drug-likeness (QED) is 0.207. The lowest BCUT2D eigenvalue weighted by Gasteiger charge is -2.09. The zero-order chi connectivity index (χ0) is 26.2. The summed E-state index contributed by atoms with van der Waals surface area (Å²) in [4.78, 5) is 24.1. The number of aliphatic carboxylic acids is 1. The predicted molar refractivity (Wildman–Crippen MR) is 147 cm³/mol. The van der Waals surface area contributed by atoms with E-state index in [0.717, 1.165) is 35.1 Å². The van der Waals surface area contributed by atoms with Gasteiger partial charge in [-0.3, -0.25) is 9.59 Å². The van der Waals surface area contributed by atoms with E-state index in [0.29, 0.717) is 37.5 Å². The van der Waals surface area contributed by atoms with Crippen LogP contribution in [-0.2, 0) is 30.6 Å². The number of hydrogen-bond donors (Lipinski definition) is 1. The van der Waals surface area contributed by atoms with E-state index in [1.165, 1.54) is 11.1 Å². The van der Waals surface area contributed by atoms with E-state index in [4.69, 9.17) is 9.84 Å². The summed E-state index contributed by atoms with van der Waals surface area (Å²) in [5.41, 5.74) is 5.19. The molecule has 1 N–H and O–H groups in total. The molecule has 5 nitrogen and oxygen atoms in total. The number of hydrogen-bond acceptors (Lipinski definition) is 3. The van der Waals surface area contributed by atoms with Gasteiger partial charge in [-0.15, -0.1) is 0 Å². The number of ether oxygens (including phenoxy) is 1. The first-order chi connectivity index (χ1) is 17.9. The summed E-state index contributed by atoms with van der Waals surface area (Å²) >= 11 is 0. The van der Waals surface area contributed by atoms with Crippen molar-refractivity contribution in [2.75, 3.05) is 6.61 Å². The first-order valence-corrected chi connectivity index (χ1v) is 13.0. The maximum Gasteiger partial charge on any atom is 0.303 e. The van der Waals surface area contributed by atoms with Gasteiger partial charge in [0, 0.05) is 48.5 Å². The third-order valence-corrected chi connectivity index (χ3v) is 6.49. The Bertz CT molecular complexity index is 1330. The molecule has 0 saturated carbocycles. The van der Waals surface area contributed by atoms with Crippen LogP contribution >= 0.6 is 0 Å². The van der Waals surface area contributed by atoms with Crippen LogP contribution in [0.1, 0.15) is 53.7 Å². The Morgan fingerprint density at radius 3 is 2.27 bits per heavy atom. The van der Waals surface area contributed by atoms with Crippen molar-refractivity contribution in [1.29, 1.82) is 0 Å². The Balaban J connectivity index is 1.33. The summed E-state index contributed by atoms with van der Waals surface area (Å²) in [5.74, 6) is 0.685. The number of para-hydroxylation sites is 1. The predicted octanol–water partition coefficient (Wildman–Crippen LogP) is 6.75. The molecule has 37 heavy (non-hydrogen) atoms. The molecule has 4 rings (SSSR count). The number of Topliss-reactive ketones (excluding diaryl/α,β-unsaturated/α-hetero) is 1. The molecular weight excluding hydrogens is 462 g/mol. The summed E-state index contributed by atoms with van der Waals surface area (Å²) in [7, 11) is 0. The van der Waals surface area contributed by atoms with Crippen LogP contribution in [0.3, 0.4) is 0 Å². The molecule has 1 aromatic heterocycles. The first kappa shape index (κ1) is 26.2. The van der Waals surface area contributed by atoms with Crippen molar-refractivity contribution in [1.82, 2.24) is 4.57 Å². The van der Waals surface area contributed by atoms with Crippen molar-refractivity contribution < 1.29 is 19.4 Å². The maximum absolute atomic E-state index is 13.2.